The van der Waals surface area contributed by atoms with Gasteiger partial charge in [-0.05, 0) is 71.9 Å². The molecule has 2 N–H and O–H groups in total. The molecule has 1 aliphatic carbocycles. The molecule has 0 aromatic heterocycles. The molecule has 1 heterocycles. The summed E-state index contributed by atoms with van der Waals surface area (Å²) in [6.45, 7) is 0. The summed E-state index contributed by atoms with van der Waals surface area (Å²) in [5.74, 6) is 3.39. The Morgan fingerprint density at radius 3 is 1.82 bits per heavy atom. The molecule has 1 unspecified atom stereocenters. The highest BCUT2D eigenvalue weighted by molar-refractivity contribution is 5.68. The average molecular weight is 521 g/mol. The number of allylic oxidation sites excluding steroid dienone is 3. The standard InChI is InChI=1S/C29H32N2O7/c1-32-21-11-16(12-22(33-2)27(21)36-5)10-17-8-7-9-19-25(20(15-30)29(31)38-26(17)19)18-13-23(34-3)28(37-6)24(14-18)35-4/h10-14,25H,7-9,31H2,1-6H3/b17-10-. The second-order valence-corrected chi connectivity index (χ2v) is 8.72. The smallest absolute Gasteiger partial charge is 0.205 e. The van der Waals surface area contributed by atoms with Crippen LogP contribution in [0.4, 0.5) is 0 Å². The van der Waals surface area contributed by atoms with Gasteiger partial charge in [0.15, 0.2) is 23.0 Å². The Balaban J connectivity index is 1.89. The van der Waals surface area contributed by atoms with Crippen molar-refractivity contribution in [1.29, 1.82) is 5.26 Å². The molecule has 9 nitrogen and oxygen atoms in total. The minimum Gasteiger partial charge on any atom is -0.493 e. The second kappa shape index (κ2) is 11.3. The van der Waals surface area contributed by atoms with Crippen molar-refractivity contribution in [3.8, 4) is 40.6 Å². The largest absolute Gasteiger partial charge is 0.493 e. The predicted octanol–water partition coefficient (Wildman–Crippen LogP) is 5.07. The van der Waals surface area contributed by atoms with Gasteiger partial charge in [-0.2, -0.15) is 5.26 Å². The topological polar surface area (TPSA) is 114 Å². The Morgan fingerprint density at radius 1 is 0.816 bits per heavy atom. The third-order valence-corrected chi connectivity index (χ3v) is 6.76. The molecule has 2 aromatic rings. The summed E-state index contributed by atoms with van der Waals surface area (Å²) in [4.78, 5) is 0. The number of ether oxygens (including phenoxy) is 7. The van der Waals surface area contributed by atoms with Crippen LogP contribution in [-0.2, 0) is 4.74 Å². The molecule has 9 heteroatoms. The van der Waals surface area contributed by atoms with Crippen molar-refractivity contribution in [2.24, 2.45) is 5.73 Å². The summed E-state index contributed by atoms with van der Waals surface area (Å²) >= 11 is 0. The van der Waals surface area contributed by atoms with Gasteiger partial charge in [0.25, 0.3) is 0 Å². The van der Waals surface area contributed by atoms with Crippen molar-refractivity contribution < 1.29 is 33.2 Å². The normalized spacial score (nSPS) is 17.8. The van der Waals surface area contributed by atoms with Crippen molar-refractivity contribution in [3.05, 3.63) is 63.8 Å². The molecular weight excluding hydrogens is 488 g/mol. The summed E-state index contributed by atoms with van der Waals surface area (Å²) in [5, 5.41) is 10.1. The van der Waals surface area contributed by atoms with E-state index in [1.54, 1.807) is 42.7 Å². The zero-order chi connectivity index (χ0) is 27.4. The first-order valence-corrected chi connectivity index (χ1v) is 12.1. The van der Waals surface area contributed by atoms with Gasteiger partial charge in [0, 0.05) is 5.92 Å². The number of hydrogen-bond donors (Lipinski definition) is 1. The van der Waals surface area contributed by atoms with Crippen molar-refractivity contribution in [1.82, 2.24) is 0 Å². The van der Waals surface area contributed by atoms with E-state index in [9.17, 15) is 5.26 Å². The number of rotatable bonds is 8. The van der Waals surface area contributed by atoms with Crippen LogP contribution in [0.1, 0.15) is 36.3 Å². The average Bonchev–Trinajstić information content (AvgIpc) is 2.95. The fourth-order valence-corrected chi connectivity index (χ4v) is 5.07. The van der Waals surface area contributed by atoms with Crippen LogP contribution < -0.4 is 34.2 Å². The SMILES string of the molecule is COc1cc(/C=C2/CCCC3=C2OC(N)=C(C#N)C3c2cc(OC)c(OC)c(OC)c2)cc(OC)c1OC. The zero-order valence-electron chi connectivity index (χ0n) is 22.5. The van der Waals surface area contributed by atoms with Gasteiger partial charge in [0.2, 0.25) is 17.4 Å². The Labute approximate surface area is 222 Å². The van der Waals surface area contributed by atoms with E-state index in [1.165, 1.54) is 0 Å². The third-order valence-electron chi connectivity index (χ3n) is 6.76. The lowest BCUT2D eigenvalue weighted by atomic mass is 9.76. The number of methoxy groups -OCH3 is 6. The fourth-order valence-electron chi connectivity index (χ4n) is 5.07. The van der Waals surface area contributed by atoms with E-state index < -0.39 is 5.92 Å². The van der Waals surface area contributed by atoms with Crippen molar-refractivity contribution in [2.75, 3.05) is 42.7 Å². The lowest BCUT2D eigenvalue weighted by molar-refractivity contribution is 0.276. The zero-order valence-corrected chi connectivity index (χ0v) is 22.5. The Hall–Kier alpha value is -4.45. The van der Waals surface area contributed by atoms with Crippen LogP contribution in [-0.4, -0.2) is 42.7 Å². The molecule has 0 spiro atoms. The Morgan fingerprint density at radius 2 is 1.34 bits per heavy atom. The molecule has 0 amide bonds. The van der Waals surface area contributed by atoms with Crippen LogP contribution in [0.25, 0.3) is 6.08 Å². The van der Waals surface area contributed by atoms with Crippen LogP contribution in [0.15, 0.2) is 52.6 Å². The molecule has 1 aliphatic heterocycles. The maximum Gasteiger partial charge on any atom is 0.205 e. The molecule has 0 bridgehead atoms. The van der Waals surface area contributed by atoms with Gasteiger partial charge < -0.3 is 38.9 Å². The first-order chi connectivity index (χ1) is 18.4. The summed E-state index contributed by atoms with van der Waals surface area (Å²) in [6, 6.07) is 9.72. The van der Waals surface area contributed by atoms with E-state index in [1.807, 2.05) is 30.3 Å². The van der Waals surface area contributed by atoms with E-state index in [4.69, 9.17) is 38.9 Å². The van der Waals surface area contributed by atoms with Gasteiger partial charge in [-0.25, -0.2) is 0 Å². The fraction of sp³-hybridized carbons (Fsp3) is 0.345. The molecule has 0 saturated heterocycles. The molecule has 4 rings (SSSR count). The lowest BCUT2D eigenvalue weighted by Gasteiger charge is -2.33. The van der Waals surface area contributed by atoms with Gasteiger partial charge in [-0.1, -0.05) is 0 Å². The number of nitrogens with zero attached hydrogens (tertiary/aromatic N) is 1. The van der Waals surface area contributed by atoms with Crippen LogP contribution in [0.5, 0.6) is 34.5 Å². The highest BCUT2D eigenvalue weighted by atomic mass is 16.5. The Bertz CT molecular complexity index is 1320. The molecule has 0 saturated carbocycles. The number of nitrogens with two attached hydrogens (primary N) is 1. The van der Waals surface area contributed by atoms with E-state index >= 15 is 0 Å². The number of nitriles is 1. The molecule has 38 heavy (non-hydrogen) atoms. The molecule has 200 valence electrons. The van der Waals surface area contributed by atoms with Crippen LogP contribution in [0.3, 0.4) is 0 Å². The molecule has 1 atom stereocenters. The molecular formula is C29H32N2O7. The van der Waals surface area contributed by atoms with Crippen molar-refractivity contribution in [2.45, 2.75) is 25.2 Å². The van der Waals surface area contributed by atoms with Gasteiger partial charge >= 0.3 is 0 Å². The summed E-state index contributed by atoms with van der Waals surface area (Å²) in [7, 11) is 9.40. The molecule has 2 aromatic carbocycles. The van der Waals surface area contributed by atoms with Crippen LogP contribution >= 0.6 is 0 Å². The molecule has 2 aliphatic rings. The van der Waals surface area contributed by atoms with Crippen molar-refractivity contribution >= 4 is 6.08 Å². The summed E-state index contributed by atoms with van der Waals surface area (Å²) < 4.78 is 39.3. The first-order valence-electron chi connectivity index (χ1n) is 12.1. The highest BCUT2D eigenvalue weighted by Crippen LogP contribution is 2.50. The molecule has 0 fully saturated rings. The van der Waals surface area contributed by atoms with E-state index in [-0.39, 0.29) is 5.88 Å². The van der Waals surface area contributed by atoms with E-state index in [2.05, 4.69) is 6.07 Å². The van der Waals surface area contributed by atoms with Gasteiger partial charge in [0.05, 0.1) is 42.7 Å². The molecule has 0 radical (unpaired) electrons. The predicted molar refractivity (Wildman–Crippen MR) is 142 cm³/mol. The van der Waals surface area contributed by atoms with Gasteiger partial charge in [0.1, 0.15) is 17.4 Å². The maximum atomic E-state index is 10.1. The van der Waals surface area contributed by atoms with Crippen LogP contribution in [0, 0.1) is 11.3 Å². The minimum atomic E-state index is -0.430. The van der Waals surface area contributed by atoms with Crippen molar-refractivity contribution in [3.63, 3.8) is 0 Å². The third kappa shape index (κ3) is 4.65. The first kappa shape index (κ1) is 26.6. The van der Waals surface area contributed by atoms with Crippen LogP contribution in [0.2, 0.25) is 0 Å². The number of benzene rings is 2. The van der Waals surface area contributed by atoms with Gasteiger partial charge in [-0.15, -0.1) is 0 Å². The minimum absolute atomic E-state index is 0.0719. The van der Waals surface area contributed by atoms with E-state index in [0.717, 1.165) is 41.5 Å². The lowest BCUT2D eigenvalue weighted by Crippen LogP contribution is -2.24. The highest BCUT2D eigenvalue weighted by Gasteiger charge is 2.36. The summed E-state index contributed by atoms with van der Waals surface area (Å²) in [6.07, 6.45) is 4.40. The Kier molecular flexibility index (Phi) is 7.91. The van der Waals surface area contributed by atoms with Gasteiger partial charge in [-0.3, -0.25) is 0 Å². The summed E-state index contributed by atoms with van der Waals surface area (Å²) in [5.41, 5.74) is 10.2. The number of hydrogen-bond acceptors (Lipinski definition) is 9. The quantitative estimate of drug-likeness (QED) is 0.510. The second-order valence-electron chi connectivity index (χ2n) is 8.72. The monoisotopic (exact) mass is 520 g/mol. The van der Waals surface area contributed by atoms with E-state index in [0.29, 0.717) is 45.8 Å². The maximum absolute atomic E-state index is 10.1.